The van der Waals surface area contributed by atoms with E-state index < -0.39 is 0 Å². The van der Waals surface area contributed by atoms with Gasteiger partial charge in [0.1, 0.15) is 10.3 Å². The molecule has 5 heteroatoms. The molecule has 3 nitrogen and oxygen atoms in total. The number of thiophene rings is 1. The molecule has 0 radical (unpaired) electrons. The number of nitrogens with one attached hydrogen (secondary N) is 1. The summed E-state index contributed by atoms with van der Waals surface area (Å²) in [4.78, 5) is 17.4. The Morgan fingerprint density at radius 2 is 2.28 bits per heavy atom. The maximum Gasteiger partial charge on any atom is 0.270 e. The number of hydrogen-bond acceptors (Lipinski definition) is 3. The van der Waals surface area contributed by atoms with Gasteiger partial charge < -0.3 is 5.32 Å². The Hall–Kier alpha value is -1.20. The molecule has 0 fully saturated rings. The molecule has 2 aromatic rings. The van der Waals surface area contributed by atoms with Crippen LogP contribution in [0.15, 0.2) is 40.3 Å². The number of aromatic nitrogens is 1. The largest absolute Gasteiger partial charge is 0.343 e. The monoisotopic (exact) mass is 324 g/mol. The van der Waals surface area contributed by atoms with Crippen molar-refractivity contribution in [1.82, 2.24) is 10.3 Å². The molecule has 0 saturated carbocycles. The zero-order valence-electron chi connectivity index (χ0n) is 9.89. The Labute approximate surface area is 118 Å². The van der Waals surface area contributed by atoms with Crippen molar-refractivity contribution in [2.45, 2.75) is 19.4 Å². The highest BCUT2D eigenvalue weighted by molar-refractivity contribution is 9.10. The van der Waals surface area contributed by atoms with Crippen molar-refractivity contribution in [3.63, 3.8) is 0 Å². The molecular weight excluding hydrogens is 312 g/mol. The molecular formula is C13H13BrN2OS. The summed E-state index contributed by atoms with van der Waals surface area (Å²) in [5.41, 5.74) is 0.430. The average molecular weight is 325 g/mol. The first-order valence-electron chi connectivity index (χ1n) is 5.67. The lowest BCUT2D eigenvalue weighted by atomic mass is 10.2. The normalized spacial score (nSPS) is 12.1. The molecule has 1 N–H and O–H groups in total. The van der Waals surface area contributed by atoms with E-state index in [4.69, 9.17) is 0 Å². The summed E-state index contributed by atoms with van der Waals surface area (Å²) in [5, 5.41) is 5.02. The van der Waals surface area contributed by atoms with Crippen molar-refractivity contribution in [2.75, 3.05) is 0 Å². The third kappa shape index (κ3) is 3.17. The Morgan fingerprint density at radius 1 is 1.44 bits per heavy atom. The Balaban J connectivity index is 2.11. The summed E-state index contributed by atoms with van der Waals surface area (Å²) in [6.45, 7) is 2.05. The Bertz CT molecular complexity index is 528. The third-order valence-corrected chi connectivity index (χ3v) is 3.98. The maximum atomic E-state index is 12.1. The van der Waals surface area contributed by atoms with Gasteiger partial charge in [-0.15, -0.1) is 11.3 Å². The highest BCUT2D eigenvalue weighted by atomic mass is 79.9. The molecule has 1 unspecified atom stereocenters. The van der Waals surface area contributed by atoms with E-state index in [1.165, 1.54) is 4.88 Å². The second-order valence-electron chi connectivity index (χ2n) is 3.80. The van der Waals surface area contributed by atoms with Crippen LogP contribution in [0.1, 0.15) is 34.8 Å². The average Bonchev–Trinajstić information content (AvgIpc) is 2.89. The van der Waals surface area contributed by atoms with Crippen LogP contribution in [-0.2, 0) is 0 Å². The van der Waals surface area contributed by atoms with Gasteiger partial charge in [0.15, 0.2) is 0 Å². The van der Waals surface area contributed by atoms with Crippen LogP contribution < -0.4 is 5.32 Å². The van der Waals surface area contributed by atoms with Crippen LogP contribution >= 0.6 is 27.3 Å². The second-order valence-corrected chi connectivity index (χ2v) is 5.59. The summed E-state index contributed by atoms with van der Waals surface area (Å²) >= 11 is 4.91. The van der Waals surface area contributed by atoms with Gasteiger partial charge in [-0.25, -0.2) is 4.98 Å². The molecule has 1 atom stereocenters. The molecule has 2 rings (SSSR count). The van der Waals surface area contributed by atoms with E-state index in [9.17, 15) is 4.79 Å². The van der Waals surface area contributed by atoms with E-state index in [2.05, 4.69) is 33.2 Å². The second kappa shape index (κ2) is 6.11. The number of pyridine rings is 1. The fraction of sp³-hybridized carbons (Fsp3) is 0.231. The summed E-state index contributed by atoms with van der Waals surface area (Å²) < 4.78 is 0.666. The summed E-state index contributed by atoms with van der Waals surface area (Å²) in [7, 11) is 0. The summed E-state index contributed by atoms with van der Waals surface area (Å²) in [6, 6.07) is 9.39. The minimum absolute atomic E-state index is 0.0540. The highest BCUT2D eigenvalue weighted by Crippen LogP contribution is 2.22. The van der Waals surface area contributed by atoms with Crippen LogP contribution in [0.25, 0.3) is 0 Å². The van der Waals surface area contributed by atoms with Crippen molar-refractivity contribution in [3.05, 3.63) is 50.9 Å². The van der Waals surface area contributed by atoms with Crippen LogP contribution in [0.5, 0.6) is 0 Å². The molecule has 0 spiro atoms. The third-order valence-electron chi connectivity index (χ3n) is 2.55. The maximum absolute atomic E-state index is 12.1. The van der Waals surface area contributed by atoms with Crippen LogP contribution in [0.3, 0.4) is 0 Å². The topological polar surface area (TPSA) is 42.0 Å². The Morgan fingerprint density at radius 3 is 2.89 bits per heavy atom. The van der Waals surface area contributed by atoms with Crippen LogP contribution in [0.4, 0.5) is 0 Å². The molecule has 0 aliphatic heterocycles. The molecule has 2 aromatic heterocycles. The van der Waals surface area contributed by atoms with E-state index in [1.807, 2.05) is 17.5 Å². The van der Waals surface area contributed by atoms with Gasteiger partial charge in [0.25, 0.3) is 5.91 Å². The molecule has 0 saturated heterocycles. The molecule has 1 amide bonds. The standard InChI is InChI=1S/C13H13BrN2OS/c1-2-9(11-6-4-8-18-11)16-13(17)10-5-3-7-12(14)15-10/h3-9H,2H2,1H3,(H,16,17). The number of amides is 1. The first kappa shape index (κ1) is 13.2. The van der Waals surface area contributed by atoms with Gasteiger partial charge in [-0.2, -0.15) is 0 Å². The number of carbonyl (C=O) groups excluding carboxylic acids is 1. The van der Waals surface area contributed by atoms with Crippen molar-refractivity contribution >= 4 is 33.2 Å². The number of nitrogens with zero attached hydrogens (tertiary/aromatic N) is 1. The van der Waals surface area contributed by atoms with Gasteiger partial charge in [-0.3, -0.25) is 4.79 Å². The highest BCUT2D eigenvalue weighted by Gasteiger charge is 2.15. The van der Waals surface area contributed by atoms with Gasteiger partial charge in [0.2, 0.25) is 0 Å². The number of carbonyl (C=O) groups is 1. The minimum Gasteiger partial charge on any atom is -0.343 e. The van der Waals surface area contributed by atoms with Crippen molar-refractivity contribution < 1.29 is 4.79 Å². The fourth-order valence-electron chi connectivity index (χ4n) is 1.63. The summed E-state index contributed by atoms with van der Waals surface area (Å²) in [5.74, 6) is -0.142. The SMILES string of the molecule is CCC(NC(=O)c1cccc(Br)n1)c1cccs1. The lowest BCUT2D eigenvalue weighted by molar-refractivity contribution is 0.0931. The van der Waals surface area contributed by atoms with E-state index >= 15 is 0 Å². The molecule has 0 aliphatic carbocycles. The zero-order valence-corrected chi connectivity index (χ0v) is 12.3. The first-order chi connectivity index (χ1) is 8.70. The number of hydrogen-bond donors (Lipinski definition) is 1. The van der Waals surface area contributed by atoms with Gasteiger partial charge >= 0.3 is 0 Å². The quantitative estimate of drug-likeness (QED) is 0.869. The van der Waals surface area contributed by atoms with Crippen molar-refractivity contribution in [3.8, 4) is 0 Å². The van der Waals surface area contributed by atoms with Crippen molar-refractivity contribution in [1.29, 1.82) is 0 Å². The smallest absolute Gasteiger partial charge is 0.270 e. The van der Waals surface area contributed by atoms with Gasteiger partial charge in [-0.05, 0) is 45.9 Å². The van der Waals surface area contributed by atoms with E-state index in [1.54, 1.807) is 29.5 Å². The van der Waals surface area contributed by atoms with Gasteiger partial charge in [0, 0.05) is 4.88 Å². The molecule has 0 aromatic carbocycles. The van der Waals surface area contributed by atoms with Crippen LogP contribution in [0, 0.1) is 0 Å². The van der Waals surface area contributed by atoms with E-state index in [-0.39, 0.29) is 11.9 Å². The minimum atomic E-state index is -0.142. The molecule has 0 aliphatic rings. The summed E-state index contributed by atoms with van der Waals surface area (Å²) in [6.07, 6.45) is 0.861. The van der Waals surface area contributed by atoms with Gasteiger partial charge in [-0.1, -0.05) is 19.1 Å². The predicted molar refractivity (Wildman–Crippen MR) is 76.8 cm³/mol. The van der Waals surface area contributed by atoms with Gasteiger partial charge in [0.05, 0.1) is 6.04 Å². The molecule has 94 valence electrons. The van der Waals surface area contributed by atoms with Crippen LogP contribution in [-0.4, -0.2) is 10.9 Å². The first-order valence-corrected chi connectivity index (χ1v) is 7.34. The molecule has 2 heterocycles. The van der Waals surface area contributed by atoms with E-state index in [0.717, 1.165) is 6.42 Å². The lowest BCUT2D eigenvalue weighted by Gasteiger charge is -2.15. The fourth-order valence-corrected chi connectivity index (χ4v) is 2.84. The number of halogens is 1. The zero-order chi connectivity index (χ0) is 13.0. The number of rotatable bonds is 4. The molecule has 18 heavy (non-hydrogen) atoms. The van der Waals surface area contributed by atoms with E-state index in [0.29, 0.717) is 10.3 Å². The lowest BCUT2D eigenvalue weighted by Crippen LogP contribution is -2.28. The van der Waals surface area contributed by atoms with Crippen molar-refractivity contribution in [2.24, 2.45) is 0 Å². The Kier molecular flexibility index (Phi) is 4.49. The van der Waals surface area contributed by atoms with Crippen LogP contribution in [0.2, 0.25) is 0 Å². The molecule has 0 bridgehead atoms. The predicted octanol–water partition coefficient (Wildman–Crippen LogP) is 3.79.